The van der Waals surface area contributed by atoms with Gasteiger partial charge in [0.1, 0.15) is 5.82 Å². The van der Waals surface area contributed by atoms with Crippen molar-refractivity contribution in [1.29, 1.82) is 0 Å². The second kappa shape index (κ2) is 7.41. The molecular weight excluding hydrogens is 302 g/mol. The molecule has 0 aliphatic rings. The first-order chi connectivity index (χ1) is 11.7. The molecule has 0 saturated carbocycles. The van der Waals surface area contributed by atoms with E-state index < -0.39 is 0 Å². The number of aromatic nitrogens is 4. The average molecular weight is 321 g/mol. The van der Waals surface area contributed by atoms with E-state index in [2.05, 4.69) is 27.6 Å². The predicted octanol–water partition coefficient (Wildman–Crippen LogP) is 2.51. The normalized spacial score (nSPS) is 11.0. The van der Waals surface area contributed by atoms with Gasteiger partial charge >= 0.3 is 0 Å². The molecule has 0 unspecified atom stereocenters. The van der Waals surface area contributed by atoms with Crippen molar-refractivity contribution in [3.05, 3.63) is 72.2 Å². The van der Waals surface area contributed by atoms with Gasteiger partial charge in [-0.1, -0.05) is 30.3 Å². The molecule has 1 aromatic carbocycles. The van der Waals surface area contributed by atoms with Gasteiger partial charge in [0.25, 0.3) is 0 Å². The zero-order valence-corrected chi connectivity index (χ0v) is 13.5. The molecule has 3 aromatic rings. The SMILES string of the molecule is Cn1cc(/C=C\C(=O)Nc2ccnn2CCc2ccccc2)cn1. The number of rotatable bonds is 6. The second-order valence-corrected chi connectivity index (χ2v) is 5.45. The fraction of sp³-hybridized carbons (Fsp3) is 0.167. The molecule has 0 saturated heterocycles. The van der Waals surface area contributed by atoms with Gasteiger partial charge in [0.2, 0.25) is 5.91 Å². The van der Waals surface area contributed by atoms with E-state index in [1.807, 2.05) is 31.4 Å². The van der Waals surface area contributed by atoms with Crippen molar-refractivity contribution in [2.24, 2.45) is 7.05 Å². The molecule has 0 aliphatic carbocycles. The summed E-state index contributed by atoms with van der Waals surface area (Å²) in [7, 11) is 1.84. The highest BCUT2D eigenvalue weighted by atomic mass is 16.1. The van der Waals surface area contributed by atoms with Gasteiger partial charge in [-0.05, 0) is 18.1 Å². The van der Waals surface area contributed by atoms with Gasteiger partial charge in [-0.15, -0.1) is 0 Å². The smallest absolute Gasteiger partial charge is 0.249 e. The van der Waals surface area contributed by atoms with Crippen molar-refractivity contribution < 1.29 is 4.79 Å². The number of carbonyl (C=O) groups is 1. The Balaban J connectivity index is 1.58. The quantitative estimate of drug-likeness (QED) is 0.710. The van der Waals surface area contributed by atoms with Crippen LogP contribution in [0.4, 0.5) is 5.82 Å². The molecule has 0 aliphatic heterocycles. The second-order valence-electron chi connectivity index (χ2n) is 5.45. The van der Waals surface area contributed by atoms with Crippen LogP contribution in [0, 0.1) is 0 Å². The minimum Gasteiger partial charge on any atom is -0.307 e. The minimum atomic E-state index is -0.194. The Bertz CT molecular complexity index is 832. The molecule has 0 radical (unpaired) electrons. The summed E-state index contributed by atoms with van der Waals surface area (Å²) in [5, 5.41) is 11.2. The summed E-state index contributed by atoms with van der Waals surface area (Å²) in [6, 6.07) is 12.0. The van der Waals surface area contributed by atoms with Gasteiger partial charge in [0.05, 0.1) is 12.4 Å². The van der Waals surface area contributed by atoms with E-state index in [1.54, 1.807) is 33.9 Å². The van der Waals surface area contributed by atoms with Gasteiger partial charge < -0.3 is 5.32 Å². The van der Waals surface area contributed by atoms with Crippen LogP contribution in [-0.4, -0.2) is 25.5 Å². The third kappa shape index (κ3) is 4.19. The molecule has 0 fully saturated rings. The Hall–Kier alpha value is -3.15. The van der Waals surface area contributed by atoms with Gasteiger partial charge in [0, 0.05) is 37.5 Å². The highest BCUT2D eigenvalue weighted by Gasteiger charge is 2.05. The van der Waals surface area contributed by atoms with Crippen LogP contribution in [0.5, 0.6) is 0 Å². The third-order valence-corrected chi connectivity index (χ3v) is 3.57. The topological polar surface area (TPSA) is 64.7 Å². The van der Waals surface area contributed by atoms with Crippen LogP contribution in [0.1, 0.15) is 11.1 Å². The molecule has 0 atom stereocenters. The van der Waals surface area contributed by atoms with Crippen molar-refractivity contribution in [2.45, 2.75) is 13.0 Å². The van der Waals surface area contributed by atoms with Crippen molar-refractivity contribution in [1.82, 2.24) is 19.6 Å². The number of amides is 1. The van der Waals surface area contributed by atoms with Crippen LogP contribution in [0.2, 0.25) is 0 Å². The van der Waals surface area contributed by atoms with Crippen LogP contribution in [0.3, 0.4) is 0 Å². The molecule has 1 N–H and O–H groups in total. The zero-order chi connectivity index (χ0) is 16.8. The average Bonchev–Trinajstić information content (AvgIpc) is 3.21. The molecule has 1 amide bonds. The van der Waals surface area contributed by atoms with Crippen LogP contribution < -0.4 is 5.32 Å². The van der Waals surface area contributed by atoms with Crippen LogP contribution in [0.25, 0.3) is 6.08 Å². The molecule has 0 bridgehead atoms. The van der Waals surface area contributed by atoms with Gasteiger partial charge in [-0.2, -0.15) is 10.2 Å². The van der Waals surface area contributed by atoms with Crippen LogP contribution >= 0.6 is 0 Å². The number of anilines is 1. The summed E-state index contributed by atoms with van der Waals surface area (Å²) >= 11 is 0. The van der Waals surface area contributed by atoms with Crippen LogP contribution in [-0.2, 0) is 24.8 Å². The van der Waals surface area contributed by atoms with E-state index >= 15 is 0 Å². The fourth-order valence-electron chi connectivity index (χ4n) is 2.36. The maximum atomic E-state index is 12.1. The zero-order valence-electron chi connectivity index (χ0n) is 13.5. The van der Waals surface area contributed by atoms with E-state index in [0.29, 0.717) is 12.4 Å². The van der Waals surface area contributed by atoms with Crippen LogP contribution in [0.15, 0.2) is 61.1 Å². The lowest BCUT2D eigenvalue weighted by molar-refractivity contribution is -0.111. The predicted molar refractivity (Wildman–Crippen MR) is 93.2 cm³/mol. The monoisotopic (exact) mass is 321 g/mol. The first-order valence-corrected chi connectivity index (χ1v) is 7.74. The lowest BCUT2D eigenvalue weighted by Crippen LogP contribution is -2.14. The standard InChI is InChI=1S/C18H19N5O/c1-22-14-16(13-20-22)7-8-18(24)21-17-9-11-19-23(17)12-10-15-5-3-2-4-6-15/h2-9,11,13-14H,10,12H2,1H3,(H,21,24)/b8-7-. The molecule has 6 nitrogen and oxygen atoms in total. The Morgan fingerprint density at radius 3 is 2.79 bits per heavy atom. The van der Waals surface area contributed by atoms with E-state index in [1.165, 1.54) is 11.6 Å². The lowest BCUT2D eigenvalue weighted by Gasteiger charge is -2.07. The van der Waals surface area contributed by atoms with E-state index in [9.17, 15) is 4.79 Å². The number of carbonyl (C=O) groups excluding carboxylic acids is 1. The molecule has 2 aromatic heterocycles. The molecule has 6 heteroatoms. The number of benzene rings is 1. The maximum absolute atomic E-state index is 12.1. The number of hydrogen-bond donors (Lipinski definition) is 1. The molecule has 2 heterocycles. The minimum absolute atomic E-state index is 0.194. The summed E-state index contributed by atoms with van der Waals surface area (Å²) in [5.41, 5.74) is 2.12. The summed E-state index contributed by atoms with van der Waals surface area (Å²) in [6.45, 7) is 0.707. The van der Waals surface area contributed by atoms with Gasteiger partial charge in [-0.25, -0.2) is 4.68 Å². The first-order valence-electron chi connectivity index (χ1n) is 7.74. The number of aryl methyl sites for hydroxylation is 3. The Kier molecular flexibility index (Phi) is 4.86. The number of nitrogens with zero attached hydrogens (tertiary/aromatic N) is 4. The molecule has 3 rings (SSSR count). The summed E-state index contributed by atoms with van der Waals surface area (Å²) < 4.78 is 3.49. The fourth-order valence-corrected chi connectivity index (χ4v) is 2.36. The van der Waals surface area contributed by atoms with Gasteiger partial charge in [0.15, 0.2) is 0 Å². The Morgan fingerprint density at radius 1 is 1.21 bits per heavy atom. The first kappa shape index (κ1) is 15.7. The number of hydrogen-bond acceptors (Lipinski definition) is 3. The van der Waals surface area contributed by atoms with Crippen molar-refractivity contribution >= 4 is 17.8 Å². The molecule has 0 spiro atoms. The molecule has 122 valence electrons. The van der Waals surface area contributed by atoms with Crippen molar-refractivity contribution in [3.8, 4) is 0 Å². The number of nitrogens with one attached hydrogen (secondary N) is 1. The van der Waals surface area contributed by atoms with E-state index in [0.717, 1.165) is 12.0 Å². The summed E-state index contributed by atoms with van der Waals surface area (Å²) in [5.74, 6) is 0.493. The van der Waals surface area contributed by atoms with Crippen molar-refractivity contribution in [3.63, 3.8) is 0 Å². The van der Waals surface area contributed by atoms with E-state index in [-0.39, 0.29) is 5.91 Å². The molecule has 24 heavy (non-hydrogen) atoms. The third-order valence-electron chi connectivity index (χ3n) is 3.57. The Morgan fingerprint density at radius 2 is 2.04 bits per heavy atom. The Labute approximate surface area is 140 Å². The highest BCUT2D eigenvalue weighted by molar-refractivity contribution is 6.01. The lowest BCUT2D eigenvalue weighted by atomic mass is 10.1. The van der Waals surface area contributed by atoms with Crippen molar-refractivity contribution in [2.75, 3.05) is 5.32 Å². The highest BCUT2D eigenvalue weighted by Crippen LogP contribution is 2.09. The molecular formula is C18H19N5O. The summed E-state index contributed by atoms with van der Waals surface area (Å²) in [4.78, 5) is 12.1. The van der Waals surface area contributed by atoms with Gasteiger partial charge in [-0.3, -0.25) is 9.48 Å². The maximum Gasteiger partial charge on any atom is 0.249 e. The summed E-state index contributed by atoms with van der Waals surface area (Å²) in [6.07, 6.45) is 9.31. The largest absolute Gasteiger partial charge is 0.307 e. The van der Waals surface area contributed by atoms with E-state index in [4.69, 9.17) is 0 Å².